The lowest BCUT2D eigenvalue weighted by Gasteiger charge is -2.33. The summed E-state index contributed by atoms with van der Waals surface area (Å²) >= 11 is 0. The molecule has 2 aromatic rings. The fourth-order valence-corrected chi connectivity index (χ4v) is 5.15. The molecule has 1 amide bonds. The van der Waals surface area contributed by atoms with Gasteiger partial charge in [0.15, 0.2) is 33.1 Å². The fraction of sp³-hybridized carbons (Fsp3) is 0.381. The molecule has 1 atom stereocenters. The maximum Gasteiger partial charge on any atom is 0.414 e. The molecule has 1 unspecified atom stereocenters. The lowest BCUT2D eigenvalue weighted by molar-refractivity contribution is 0.108. The Morgan fingerprint density at radius 1 is 1.06 bits per heavy atom. The van der Waals surface area contributed by atoms with Crippen molar-refractivity contribution in [3.63, 3.8) is 0 Å². The topological polar surface area (TPSA) is 89.7 Å². The largest absolute Gasteiger partial charge is 0.441 e. The molecule has 6 nitrogen and oxygen atoms in total. The quantitative estimate of drug-likeness (QED) is 0.373. The highest BCUT2D eigenvalue weighted by molar-refractivity contribution is 7.89. The highest BCUT2D eigenvalue weighted by Gasteiger charge is 2.33. The van der Waals surface area contributed by atoms with Crippen molar-refractivity contribution in [3.8, 4) is 0 Å². The van der Waals surface area contributed by atoms with Crippen LogP contribution in [-0.4, -0.2) is 21.1 Å². The molecule has 0 fully saturated rings. The van der Waals surface area contributed by atoms with Gasteiger partial charge >= 0.3 is 6.09 Å². The summed E-state index contributed by atoms with van der Waals surface area (Å²) in [5.41, 5.74) is 5.23. The van der Waals surface area contributed by atoms with Crippen molar-refractivity contribution in [3.05, 3.63) is 57.7 Å². The molecule has 0 aromatic heterocycles. The standard InChI is InChI=1S/C21H22F4N2O4S/c1-4-5-27-20-13(11(3)31-21(27)28)6-12(7-15(20)26)8-32(29,30)9-14-18(24)16(22)10(2)17(23)19(14)25/h6-7,11H,4-5,8-9,26H2,1-3H3. The zero-order chi connectivity index (χ0) is 24.0. The van der Waals surface area contributed by atoms with Crippen LogP contribution in [0.3, 0.4) is 0 Å². The van der Waals surface area contributed by atoms with E-state index < -0.39 is 67.9 Å². The molecule has 0 saturated carbocycles. The number of nitrogens with zero attached hydrogens (tertiary/aromatic N) is 1. The van der Waals surface area contributed by atoms with Crippen molar-refractivity contribution in [1.82, 2.24) is 0 Å². The number of hydrogen-bond acceptors (Lipinski definition) is 5. The minimum atomic E-state index is -4.26. The van der Waals surface area contributed by atoms with Crippen molar-refractivity contribution in [2.75, 3.05) is 17.2 Å². The van der Waals surface area contributed by atoms with Crippen LogP contribution in [-0.2, 0) is 26.1 Å². The molecule has 0 saturated heterocycles. The lowest BCUT2D eigenvalue weighted by atomic mass is 10.0. The number of rotatable bonds is 6. The number of hydrogen-bond donors (Lipinski definition) is 1. The molecule has 3 rings (SSSR count). The first-order chi connectivity index (χ1) is 14.9. The average Bonchev–Trinajstić information content (AvgIpc) is 2.71. The van der Waals surface area contributed by atoms with Gasteiger partial charge in [-0.3, -0.25) is 4.90 Å². The van der Waals surface area contributed by atoms with Crippen LogP contribution < -0.4 is 10.6 Å². The Balaban J connectivity index is 1.97. The van der Waals surface area contributed by atoms with Gasteiger partial charge in [-0.05, 0) is 38.0 Å². The SMILES string of the molecule is CCCN1C(=O)OC(C)c2cc(CS(=O)(=O)Cc3c(F)c(F)c(C)c(F)c3F)cc(N)c21. The van der Waals surface area contributed by atoms with Gasteiger partial charge in [-0.2, -0.15) is 0 Å². The Hall–Kier alpha value is -2.82. The summed E-state index contributed by atoms with van der Waals surface area (Å²) in [4.78, 5) is 13.5. The summed E-state index contributed by atoms with van der Waals surface area (Å²) in [7, 11) is -4.26. The van der Waals surface area contributed by atoms with Gasteiger partial charge in [-0.1, -0.05) is 6.92 Å². The van der Waals surface area contributed by atoms with Gasteiger partial charge in [-0.15, -0.1) is 0 Å². The normalized spacial score (nSPS) is 16.2. The summed E-state index contributed by atoms with van der Waals surface area (Å²) in [6.07, 6.45) is -0.654. The number of benzene rings is 2. The molecular weight excluding hydrogens is 452 g/mol. The summed E-state index contributed by atoms with van der Waals surface area (Å²) in [5.74, 6) is -8.72. The molecule has 2 aromatic carbocycles. The Morgan fingerprint density at radius 2 is 1.66 bits per heavy atom. The van der Waals surface area contributed by atoms with Crippen LogP contribution in [0, 0.1) is 30.2 Å². The van der Waals surface area contributed by atoms with Crippen molar-refractivity contribution in [2.24, 2.45) is 0 Å². The van der Waals surface area contributed by atoms with Crippen LogP contribution in [0.2, 0.25) is 0 Å². The van der Waals surface area contributed by atoms with Crippen molar-refractivity contribution < 1.29 is 35.5 Å². The zero-order valence-electron chi connectivity index (χ0n) is 17.6. The van der Waals surface area contributed by atoms with Gasteiger partial charge < -0.3 is 10.5 Å². The molecule has 11 heteroatoms. The third kappa shape index (κ3) is 4.25. The van der Waals surface area contributed by atoms with E-state index in [1.807, 2.05) is 6.92 Å². The maximum absolute atomic E-state index is 14.1. The second-order valence-corrected chi connectivity index (χ2v) is 9.76. The zero-order valence-corrected chi connectivity index (χ0v) is 18.5. The number of carbonyl (C=O) groups is 1. The molecule has 0 spiro atoms. The summed E-state index contributed by atoms with van der Waals surface area (Å²) in [6, 6.07) is 2.82. The number of nitrogens with two attached hydrogens (primary N) is 1. The van der Waals surface area contributed by atoms with Gasteiger partial charge in [0.25, 0.3) is 0 Å². The highest BCUT2D eigenvalue weighted by atomic mass is 32.2. The van der Waals surface area contributed by atoms with E-state index in [9.17, 15) is 30.8 Å². The van der Waals surface area contributed by atoms with Crippen molar-refractivity contribution in [2.45, 2.75) is 44.8 Å². The Labute approximate surface area is 182 Å². The number of carbonyl (C=O) groups excluding carboxylic acids is 1. The predicted octanol–water partition coefficient (Wildman–Crippen LogP) is 4.68. The summed E-state index contributed by atoms with van der Waals surface area (Å²) in [5, 5.41) is 0. The molecule has 32 heavy (non-hydrogen) atoms. The lowest BCUT2D eigenvalue weighted by Crippen LogP contribution is -2.38. The molecule has 1 aliphatic heterocycles. The minimum Gasteiger partial charge on any atom is -0.441 e. The number of halogens is 4. The van der Waals surface area contributed by atoms with Gasteiger partial charge in [0, 0.05) is 23.2 Å². The first-order valence-electron chi connectivity index (χ1n) is 9.80. The van der Waals surface area contributed by atoms with E-state index in [0.29, 0.717) is 24.2 Å². The third-order valence-electron chi connectivity index (χ3n) is 5.21. The molecule has 1 heterocycles. The van der Waals surface area contributed by atoms with Gasteiger partial charge in [0.1, 0.15) is 6.10 Å². The molecule has 0 bridgehead atoms. The molecule has 0 radical (unpaired) electrons. The Morgan fingerprint density at radius 3 is 2.22 bits per heavy atom. The van der Waals surface area contributed by atoms with E-state index in [1.165, 1.54) is 17.0 Å². The van der Waals surface area contributed by atoms with Crippen molar-refractivity contribution in [1.29, 1.82) is 0 Å². The van der Waals surface area contributed by atoms with Crippen LogP contribution in [0.1, 0.15) is 48.6 Å². The van der Waals surface area contributed by atoms with E-state index >= 15 is 0 Å². The number of amides is 1. The first kappa shape index (κ1) is 23.8. The van der Waals surface area contributed by atoms with Gasteiger partial charge in [-0.25, -0.2) is 30.8 Å². The second kappa shape index (κ2) is 8.61. The highest BCUT2D eigenvalue weighted by Crippen LogP contribution is 2.40. The van der Waals surface area contributed by atoms with E-state index in [-0.39, 0.29) is 11.3 Å². The summed E-state index contributed by atoms with van der Waals surface area (Å²) < 4.78 is 86.5. The number of fused-ring (bicyclic) bond motifs is 1. The number of nitrogen functional groups attached to an aromatic ring is 1. The maximum atomic E-state index is 14.1. The molecule has 1 aliphatic rings. The number of sulfone groups is 1. The molecule has 174 valence electrons. The fourth-order valence-electron chi connectivity index (χ4n) is 3.68. The van der Waals surface area contributed by atoms with E-state index in [2.05, 4.69) is 0 Å². The number of cyclic esters (lactones) is 1. The number of anilines is 2. The molecule has 2 N–H and O–H groups in total. The van der Waals surface area contributed by atoms with Gasteiger partial charge in [0.2, 0.25) is 0 Å². The first-order valence-corrected chi connectivity index (χ1v) is 11.6. The Kier molecular flexibility index (Phi) is 6.41. The number of ether oxygens (including phenoxy) is 1. The molecular formula is C21H22F4N2O4S. The van der Waals surface area contributed by atoms with Crippen LogP contribution >= 0.6 is 0 Å². The predicted molar refractivity (Wildman–Crippen MR) is 111 cm³/mol. The Bertz CT molecular complexity index is 1170. The second-order valence-electron chi connectivity index (χ2n) is 7.69. The van der Waals surface area contributed by atoms with E-state index in [4.69, 9.17) is 10.5 Å². The van der Waals surface area contributed by atoms with Crippen LogP contribution in [0.5, 0.6) is 0 Å². The minimum absolute atomic E-state index is 0.134. The van der Waals surface area contributed by atoms with Crippen LogP contribution in [0.25, 0.3) is 0 Å². The molecule has 0 aliphatic carbocycles. The van der Waals surface area contributed by atoms with Gasteiger partial charge in [0.05, 0.1) is 22.9 Å². The summed E-state index contributed by atoms with van der Waals surface area (Å²) in [6.45, 7) is 4.64. The smallest absolute Gasteiger partial charge is 0.414 e. The van der Waals surface area contributed by atoms with Crippen LogP contribution in [0.4, 0.5) is 33.7 Å². The third-order valence-corrected chi connectivity index (χ3v) is 6.71. The van der Waals surface area contributed by atoms with Crippen molar-refractivity contribution >= 4 is 27.3 Å². The monoisotopic (exact) mass is 474 g/mol. The van der Waals surface area contributed by atoms with E-state index in [1.54, 1.807) is 6.92 Å². The van der Waals surface area contributed by atoms with Crippen LogP contribution in [0.15, 0.2) is 12.1 Å². The average molecular weight is 474 g/mol. The van der Waals surface area contributed by atoms with E-state index in [0.717, 1.165) is 6.92 Å².